The summed E-state index contributed by atoms with van der Waals surface area (Å²) in [5, 5.41) is 5.50. The third-order valence-electron chi connectivity index (χ3n) is 4.24. The van der Waals surface area contributed by atoms with E-state index in [9.17, 15) is 4.79 Å². The van der Waals surface area contributed by atoms with Gasteiger partial charge in [-0.25, -0.2) is 4.79 Å². The molecule has 0 unspecified atom stereocenters. The standard InChI is InChI=1S/C19H23ClN2O2/c1-19(2,3)24-18(23)22-11-12(10-20)17-14-8-6-5-7-13(14)15(21-4)9-16(17)22/h5-9,12,21H,10-11H2,1-4H3/t12-/m1/s1. The van der Waals surface area contributed by atoms with Gasteiger partial charge in [-0.3, -0.25) is 4.90 Å². The summed E-state index contributed by atoms with van der Waals surface area (Å²) in [6.07, 6.45) is -0.325. The first-order chi connectivity index (χ1) is 11.4. The summed E-state index contributed by atoms with van der Waals surface area (Å²) in [5.41, 5.74) is 2.48. The van der Waals surface area contributed by atoms with Gasteiger partial charge in [-0.15, -0.1) is 11.6 Å². The maximum Gasteiger partial charge on any atom is 0.414 e. The minimum absolute atomic E-state index is 0.102. The maximum absolute atomic E-state index is 12.7. The number of nitrogens with one attached hydrogen (secondary N) is 1. The SMILES string of the molecule is CNc1cc2c(c3ccccc13)[C@H](CCl)CN2C(=O)OC(C)(C)C. The van der Waals surface area contributed by atoms with Crippen molar-refractivity contribution in [3.63, 3.8) is 0 Å². The second-order valence-electron chi connectivity index (χ2n) is 7.09. The summed E-state index contributed by atoms with van der Waals surface area (Å²) < 4.78 is 5.58. The topological polar surface area (TPSA) is 41.6 Å². The molecule has 1 atom stereocenters. The van der Waals surface area contributed by atoms with Gasteiger partial charge in [0.1, 0.15) is 5.60 Å². The zero-order valence-electron chi connectivity index (χ0n) is 14.5. The Morgan fingerprint density at radius 1 is 1.33 bits per heavy atom. The van der Waals surface area contributed by atoms with Crippen LogP contribution >= 0.6 is 11.6 Å². The van der Waals surface area contributed by atoms with E-state index in [-0.39, 0.29) is 12.0 Å². The summed E-state index contributed by atoms with van der Waals surface area (Å²) >= 11 is 6.22. The molecule has 5 heteroatoms. The molecule has 0 bridgehead atoms. The number of alkyl halides is 1. The normalized spacial score (nSPS) is 17.0. The van der Waals surface area contributed by atoms with E-state index in [1.54, 1.807) is 4.90 Å². The lowest BCUT2D eigenvalue weighted by molar-refractivity contribution is 0.0582. The highest BCUT2D eigenvalue weighted by molar-refractivity contribution is 6.19. The van der Waals surface area contributed by atoms with E-state index in [2.05, 4.69) is 17.4 Å². The van der Waals surface area contributed by atoms with Crippen LogP contribution in [-0.4, -0.2) is 31.2 Å². The molecule has 128 valence electrons. The highest BCUT2D eigenvalue weighted by Crippen LogP contribution is 2.45. The highest BCUT2D eigenvalue weighted by Gasteiger charge is 2.36. The largest absolute Gasteiger partial charge is 0.443 e. The van der Waals surface area contributed by atoms with Crippen molar-refractivity contribution >= 4 is 39.8 Å². The second-order valence-corrected chi connectivity index (χ2v) is 7.40. The Labute approximate surface area is 147 Å². The summed E-state index contributed by atoms with van der Waals surface area (Å²) in [7, 11) is 1.89. The van der Waals surface area contributed by atoms with Crippen molar-refractivity contribution in [2.45, 2.75) is 32.3 Å². The molecule has 0 saturated heterocycles. The first-order valence-corrected chi connectivity index (χ1v) is 8.69. The number of carbonyl (C=O) groups is 1. The fraction of sp³-hybridized carbons (Fsp3) is 0.421. The van der Waals surface area contributed by atoms with Crippen molar-refractivity contribution in [2.24, 2.45) is 0 Å². The number of anilines is 2. The number of benzene rings is 2. The van der Waals surface area contributed by atoms with Crippen LogP contribution in [0.25, 0.3) is 10.8 Å². The zero-order chi connectivity index (χ0) is 17.5. The first-order valence-electron chi connectivity index (χ1n) is 8.15. The molecule has 2 aromatic rings. The van der Waals surface area contributed by atoms with Gasteiger partial charge in [-0.2, -0.15) is 0 Å². The molecule has 0 aromatic heterocycles. The van der Waals surface area contributed by atoms with Crippen LogP contribution in [0.4, 0.5) is 16.2 Å². The van der Waals surface area contributed by atoms with Crippen molar-refractivity contribution < 1.29 is 9.53 Å². The highest BCUT2D eigenvalue weighted by atomic mass is 35.5. The van der Waals surface area contributed by atoms with E-state index in [1.807, 2.05) is 46.0 Å². The van der Waals surface area contributed by atoms with E-state index in [4.69, 9.17) is 16.3 Å². The van der Waals surface area contributed by atoms with Gasteiger partial charge in [0.15, 0.2) is 0 Å². The van der Waals surface area contributed by atoms with E-state index in [0.717, 1.165) is 27.7 Å². The Morgan fingerprint density at radius 2 is 2.00 bits per heavy atom. The van der Waals surface area contributed by atoms with Crippen molar-refractivity contribution in [1.82, 2.24) is 0 Å². The molecule has 1 heterocycles. The van der Waals surface area contributed by atoms with Crippen LogP contribution < -0.4 is 10.2 Å². The number of nitrogens with zero attached hydrogens (tertiary/aromatic N) is 1. The Morgan fingerprint density at radius 3 is 2.58 bits per heavy atom. The predicted octanol–water partition coefficient (Wildman–Crippen LogP) is 4.96. The number of ether oxygens (including phenoxy) is 1. The Balaban J connectivity index is 2.15. The smallest absolute Gasteiger partial charge is 0.414 e. The zero-order valence-corrected chi connectivity index (χ0v) is 15.3. The van der Waals surface area contributed by atoms with Gasteiger partial charge in [0, 0.05) is 36.5 Å². The third-order valence-corrected chi connectivity index (χ3v) is 4.61. The van der Waals surface area contributed by atoms with Gasteiger partial charge in [0.2, 0.25) is 0 Å². The monoisotopic (exact) mass is 346 g/mol. The van der Waals surface area contributed by atoms with Crippen LogP contribution in [-0.2, 0) is 4.74 Å². The van der Waals surface area contributed by atoms with E-state index in [0.29, 0.717) is 12.4 Å². The molecule has 3 rings (SSSR count). The van der Waals surface area contributed by atoms with Crippen LogP contribution in [0.3, 0.4) is 0 Å². The van der Waals surface area contributed by atoms with E-state index >= 15 is 0 Å². The second kappa shape index (κ2) is 6.17. The predicted molar refractivity (Wildman–Crippen MR) is 101 cm³/mol. The molecule has 1 N–H and O–H groups in total. The molecule has 2 aromatic carbocycles. The fourth-order valence-corrected chi connectivity index (χ4v) is 3.52. The number of hydrogen-bond acceptors (Lipinski definition) is 3. The van der Waals surface area contributed by atoms with Gasteiger partial charge >= 0.3 is 6.09 Å². The average molecular weight is 347 g/mol. The summed E-state index contributed by atoms with van der Waals surface area (Å²) in [6.45, 7) is 6.17. The number of hydrogen-bond donors (Lipinski definition) is 1. The number of amides is 1. The molecule has 0 spiro atoms. The molecule has 1 aliphatic heterocycles. The van der Waals surface area contributed by atoms with Crippen molar-refractivity contribution in [3.05, 3.63) is 35.9 Å². The molecule has 1 amide bonds. The van der Waals surface area contributed by atoms with Crippen LogP contribution in [0.1, 0.15) is 32.3 Å². The quantitative estimate of drug-likeness (QED) is 0.781. The molecule has 4 nitrogen and oxygen atoms in total. The van der Waals surface area contributed by atoms with Crippen LogP contribution in [0.15, 0.2) is 30.3 Å². The molecular weight excluding hydrogens is 324 g/mol. The van der Waals surface area contributed by atoms with Gasteiger partial charge < -0.3 is 10.1 Å². The minimum Gasteiger partial charge on any atom is -0.443 e. The van der Waals surface area contributed by atoms with Crippen molar-refractivity contribution in [1.29, 1.82) is 0 Å². The number of halogens is 1. The lowest BCUT2D eigenvalue weighted by Gasteiger charge is -2.25. The summed E-state index contributed by atoms with van der Waals surface area (Å²) in [5.74, 6) is 0.569. The van der Waals surface area contributed by atoms with Gasteiger partial charge in [-0.1, -0.05) is 24.3 Å². The first kappa shape index (κ1) is 16.9. The third kappa shape index (κ3) is 2.91. The Kier molecular flexibility index (Phi) is 4.35. The molecule has 0 radical (unpaired) electrons. The van der Waals surface area contributed by atoms with Gasteiger partial charge in [0.25, 0.3) is 0 Å². The van der Waals surface area contributed by atoms with E-state index in [1.165, 1.54) is 0 Å². The minimum atomic E-state index is -0.529. The van der Waals surface area contributed by atoms with Crippen LogP contribution in [0.2, 0.25) is 0 Å². The number of rotatable bonds is 2. The molecule has 0 saturated carbocycles. The van der Waals surface area contributed by atoms with Crippen LogP contribution in [0.5, 0.6) is 0 Å². The summed E-state index contributed by atoms with van der Waals surface area (Å²) in [4.78, 5) is 14.4. The fourth-order valence-electron chi connectivity index (χ4n) is 3.27. The Bertz CT molecular complexity index is 783. The number of fused-ring (bicyclic) bond motifs is 3. The van der Waals surface area contributed by atoms with Crippen LogP contribution in [0, 0.1) is 0 Å². The van der Waals surface area contributed by atoms with Gasteiger partial charge in [-0.05, 0) is 37.8 Å². The Hall–Kier alpha value is -1.94. The molecule has 0 aliphatic carbocycles. The lowest BCUT2D eigenvalue weighted by Crippen LogP contribution is -2.36. The van der Waals surface area contributed by atoms with Gasteiger partial charge in [0.05, 0.1) is 5.69 Å². The molecule has 0 fully saturated rings. The summed E-state index contributed by atoms with van der Waals surface area (Å²) in [6, 6.07) is 10.2. The molecular formula is C19H23ClN2O2. The van der Waals surface area contributed by atoms with Crippen molar-refractivity contribution in [2.75, 3.05) is 29.7 Å². The maximum atomic E-state index is 12.7. The molecule has 24 heavy (non-hydrogen) atoms. The lowest BCUT2D eigenvalue weighted by atomic mass is 9.95. The average Bonchev–Trinajstić information content (AvgIpc) is 2.91. The van der Waals surface area contributed by atoms with E-state index < -0.39 is 5.60 Å². The molecule has 1 aliphatic rings. The van der Waals surface area contributed by atoms with Crippen molar-refractivity contribution in [3.8, 4) is 0 Å². The number of carbonyl (C=O) groups excluding carboxylic acids is 1.